The van der Waals surface area contributed by atoms with Crippen LogP contribution in [0, 0.1) is 11.6 Å². The van der Waals surface area contributed by atoms with Gasteiger partial charge in [-0.05, 0) is 62.3 Å². The molecule has 0 bridgehead atoms. The fourth-order valence-corrected chi connectivity index (χ4v) is 3.75. The van der Waals surface area contributed by atoms with Crippen LogP contribution in [0.3, 0.4) is 0 Å². The molecule has 1 N–H and O–H groups in total. The van der Waals surface area contributed by atoms with E-state index in [1.54, 1.807) is 12.1 Å². The summed E-state index contributed by atoms with van der Waals surface area (Å²) in [5.74, 6) is -1.58. The second-order valence-corrected chi connectivity index (χ2v) is 8.36. The van der Waals surface area contributed by atoms with Gasteiger partial charge in [-0.2, -0.15) is 0 Å². The van der Waals surface area contributed by atoms with Crippen LogP contribution in [0.5, 0.6) is 11.5 Å². The normalized spacial score (nSPS) is 16.0. The summed E-state index contributed by atoms with van der Waals surface area (Å²) in [6.45, 7) is 0. The number of sulfonamides is 1. The van der Waals surface area contributed by atoms with E-state index in [0.717, 1.165) is 42.4 Å². The summed E-state index contributed by atoms with van der Waals surface area (Å²) in [7, 11) is 0.372. The minimum atomic E-state index is -3.55. The number of rotatable bonds is 5. The predicted molar refractivity (Wildman–Crippen MR) is 103 cm³/mol. The van der Waals surface area contributed by atoms with E-state index >= 15 is 0 Å². The van der Waals surface area contributed by atoms with Crippen molar-refractivity contribution in [3.63, 3.8) is 0 Å². The summed E-state index contributed by atoms with van der Waals surface area (Å²) in [5, 5.41) is 0. The van der Waals surface area contributed by atoms with Crippen LogP contribution < -0.4 is 9.46 Å². The third-order valence-electron chi connectivity index (χ3n) is 4.32. The van der Waals surface area contributed by atoms with Crippen LogP contribution >= 0.6 is 12.4 Å². The van der Waals surface area contributed by atoms with Crippen molar-refractivity contribution >= 4 is 28.1 Å². The van der Waals surface area contributed by atoms with Gasteiger partial charge in [-0.1, -0.05) is 0 Å². The first kappa shape index (κ1) is 21.4. The van der Waals surface area contributed by atoms with Crippen LogP contribution in [-0.4, -0.2) is 33.7 Å². The Morgan fingerprint density at radius 1 is 1.15 bits per heavy atom. The van der Waals surface area contributed by atoms with Crippen molar-refractivity contribution in [2.45, 2.75) is 18.9 Å². The quantitative estimate of drug-likeness (QED) is 0.794. The molecule has 9 heteroatoms. The van der Waals surface area contributed by atoms with Crippen molar-refractivity contribution in [3.05, 3.63) is 53.1 Å². The largest absolute Gasteiger partial charge is 0.452 e. The second kappa shape index (κ2) is 8.00. The molecule has 0 aromatic heterocycles. The Kier molecular flexibility index (Phi) is 6.34. The number of anilines is 1. The van der Waals surface area contributed by atoms with Crippen molar-refractivity contribution in [2.24, 2.45) is 0 Å². The molecule has 1 atom stereocenters. The number of ether oxygens (including phenoxy) is 1. The standard InChI is InChI=1S/C18H20F2N2O3S.ClH/c1-22(2)16-6-4-11-8-15(21-26(3,23)24)18(10-13(11)16)25-17-7-5-12(19)9-14(17)20;/h5,7-10,16,21H,4,6H2,1-3H3;1H. The Bertz CT molecular complexity index is 952. The number of benzene rings is 2. The molecule has 0 fully saturated rings. The van der Waals surface area contributed by atoms with Gasteiger partial charge in [0.05, 0.1) is 11.9 Å². The smallest absolute Gasteiger partial charge is 0.229 e. The highest BCUT2D eigenvalue weighted by molar-refractivity contribution is 7.92. The van der Waals surface area contributed by atoms with Crippen LogP contribution in [-0.2, 0) is 16.4 Å². The maximum Gasteiger partial charge on any atom is 0.229 e. The van der Waals surface area contributed by atoms with Gasteiger partial charge in [-0.3, -0.25) is 4.72 Å². The molecule has 1 aliphatic rings. The first-order chi connectivity index (χ1) is 12.1. The van der Waals surface area contributed by atoms with Gasteiger partial charge in [-0.15, -0.1) is 12.4 Å². The molecule has 0 saturated carbocycles. The molecular formula is C18H21ClF2N2O3S. The summed E-state index contributed by atoms with van der Waals surface area (Å²) in [6.07, 6.45) is 2.74. The van der Waals surface area contributed by atoms with Gasteiger partial charge in [0.1, 0.15) is 5.82 Å². The van der Waals surface area contributed by atoms with Crippen molar-refractivity contribution in [2.75, 3.05) is 25.1 Å². The minimum absolute atomic E-state index is 0. The van der Waals surface area contributed by atoms with E-state index in [1.807, 2.05) is 14.1 Å². The van der Waals surface area contributed by atoms with Gasteiger partial charge < -0.3 is 9.64 Å². The number of hydrogen-bond donors (Lipinski definition) is 1. The second-order valence-electron chi connectivity index (χ2n) is 6.62. The van der Waals surface area contributed by atoms with Gasteiger partial charge in [0.25, 0.3) is 0 Å². The molecule has 0 heterocycles. The summed E-state index contributed by atoms with van der Waals surface area (Å²) in [6, 6.07) is 6.58. The van der Waals surface area contributed by atoms with Crippen molar-refractivity contribution in [1.29, 1.82) is 0 Å². The van der Waals surface area contributed by atoms with E-state index in [9.17, 15) is 17.2 Å². The highest BCUT2D eigenvalue weighted by Crippen LogP contribution is 2.42. The van der Waals surface area contributed by atoms with Crippen molar-refractivity contribution in [1.82, 2.24) is 4.90 Å². The topological polar surface area (TPSA) is 58.6 Å². The van der Waals surface area contributed by atoms with E-state index in [-0.39, 0.29) is 35.6 Å². The molecule has 5 nitrogen and oxygen atoms in total. The molecule has 27 heavy (non-hydrogen) atoms. The molecular weight excluding hydrogens is 398 g/mol. The van der Waals surface area contributed by atoms with E-state index < -0.39 is 21.7 Å². The first-order valence-electron chi connectivity index (χ1n) is 8.08. The molecule has 1 aliphatic carbocycles. The van der Waals surface area contributed by atoms with Crippen LogP contribution in [0.2, 0.25) is 0 Å². The highest BCUT2D eigenvalue weighted by atomic mass is 35.5. The van der Waals surface area contributed by atoms with Crippen LogP contribution in [0.15, 0.2) is 30.3 Å². The van der Waals surface area contributed by atoms with Crippen molar-refractivity contribution < 1.29 is 21.9 Å². The molecule has 0 amide bonds. The molecule has 0 spiro atoms. The Morgan fingerprint density at radius 3 is 2.44 bits per heavy atom. The lowest BCUT2D eigenvalue weighted by molar-refractivity contribution is 0.298. The number of nitrogens with one attached hydrogen (secondary N) is 1. The molecule has 2 aromatic carbocycles. The number of aryl methyl sites for hydroxylation is 1. The van der Waals surface area contributed by atoms with E-state index in [0.29, 0.717) is 0 Å². The average Bonchev–Trinajstić information content (AvgIpc) is 2.91. The van der Waals surface area contributed by atoms with Crippen LogP contribution in [0.4, 0.5) is 14.5 Å². The van der Waals surface area contributed by atoms with Crippen LogP contribution in [0.1, 0.15) is 23.6 Å². The van der Waals surface area contributed by atoms with Gasteiger partial charge in [0.15, 0.2) is 17.3 Å². The number of hydrogen-bond acceptors (Lipinski definition) is 4. The third-order valence-corrected chi connectivity index (χ3v) is 4.91. The molecule has 3 rings (SSSR count). The lowest BCUT2D eigenvalue weighted by Gasteiger charge is -2.21. The lowest BCUT2D eigenvalue weighted by Crippen LogP contribution is -2.17. The minimum Gasteiger partial charge on any atom is -0.452 e. The van der Waals surface area contributed by atoms with Gasteiger partial charge >= 0.3 is 0 Å². The molecule has 148 valence electrons. The maximum absolute atomic E-state index is 14.0. The zero-order valence-electron chi connectivity index (χ0n) is 15.1. The van der Waals surface area contributed by atoms with Crippen LogP contribution in [0.25, 0.3) is 0 Å². The lowest BCUT2D eigenvalue weighted by atomic mass is 10.1. The zero-order chi connectivity index (χ0) is 19.1. The zero-order valence-corrected chi connectivity index (χ0v) is 16.8. The number of fused-ring (bicyclic) bond motifs is 1. The number of halogens is 3. The molecule has 2 aromatic rings. The average molecular weight is 419 g/mol. The van der Waals surface area contributed by atoms with E-state index in [1.165, 1.54) is 6.07 Å². The SMILES string of the molecule is CN(C)C1CCc2cc(NS(C)(=O)=O)c(Oc3ccc(F)cc3F)cc21.Cl. The first-order valence-corrected chi connectivity index (χ1v) is 9.97. The summed E-state index contributed by atoms with van der Waals surface area (Å²) in [5.41, 5.74) is 2.25. The van der Waals surface area contributed by atoms with Crippen molar-refractivity contribution in [3.8, 4) is 11.5 Å². The third kappa shape index (κ3) is 4.88. The Morgan fingerprint density at radius 2 is 1.85 bits per heavy atom. The van der Waals surface area contributed by atoms with E-state index in [2.05, 4.69) is 9.62 Å². The van der Waals surface area contributed by atoms with Gasteiger partial charge in [-0.25, -0.2) is 17.2 Å². The Labute approximate surface area is 163 Å². The Hall–Kier alpha value is -1.90. The molecule has 0 aliphatic heterocycles. The van der Waals surface area contributed by atoms with E-state index in [4.69, 9.17) is 4.74 Å². The van der Waals surface area contributed by atoms with Gasteiger partial charge in [0.2, 0.25) is 10.0 Å². The highest BCUT2D eigenvalue weighted by Gasteiger charge is 2.27. The summed E-state index contributed by atoms with van der Waals surface area (Å²) in [4.78, 5) is 2.07. The molecule has 0 radical (unpaired) electrons. The molecule has 0 saturated heterocycles. The fourth-order valence-electron chi connectivity index (χ4n) is 3.19. The molecule has 1 unspecified atom stereocenters. The summed E-state index contributed by atoms with van der Waals surface area (Å²) < 4.78 is 58.5. The predicted octanol–water partition coefficient (Wildman–Crippen LogP) is 4.10. The monoisotopic (exact) mass is 418 g/mol. The maximum atomic E-state index is 14.0. The number of nitrogens with zero attached hydrogens (tertiary/aromatic N) is 1. The Balaban J connectivity index is 0.00000261. The van der Waals surface area contributed by atoms with Gasteiger partial charge in [0, 0.05) is 12.1 Å². The summed E-state index contributed by atoms with van der Waals surface area (Å²) >= 11 is 0. The fraction of sp³-hybridized carbons (Fsp3) is 0.333.